The number of sulfonamides is 1. The molecule has 0 heterocycles. The predicted octanol–water partition coefficient (Wildman–Crippen LogP) is 3.78. The van der Waals surface area contributed by atoms with E-state index in [-0.39, 0.29) is 28.1 Å². The van der Waals surface area contributed by atoms with Crippen molar-refractivity contribution >= 4 is 37.5 Å². The molecule has 0 unspecified atom stereocenters. The Balaban J connectivity index is 2.34. The van der Waals surface area contributed by atoms with Gasteiger partial charge in [-0.3, -0.25) is 9.52 Å². The SMILES string of the molecule is CC[C@H](C)NC(=O)c1ccccc1NS(=O)(=O)c1ccccc1Br. The number of hydrogen-bond acceptors (Lipinski definition) is 3. The van der Waals surface area contributed by atoms with Gasteiger partial charge in [0, 0.05) is 10.5 Å². The zero-order chi connectivity index (χ0) is 17.7. The maximum Gasteiger partial charge on any atom is 0.263 e. The van der Waals surface area contributed by atoms with Crippen LogP contribution in [0.25, 0.3) is 0 Å². The Bertz CT molecular complexity index is 837. The highest BCUT2D eigenvalue weighted by molar-refractivity contribution is 9.10. The molecule has 0 radical (unpaired) electrons. The topological polar surface area (TPSA) is 75.3 Å². The molecule has 7 heteroatoms. The molecule has 2 aromatic carbocycles. The van der Waals surface area contributed by atoms with E-state index < -0.39 is 10.0 Å². The minimum Gasteiger partial charge on any atom is -0.350 e. The number of carbonyl (C=O) groups is 1. The fourth-order valence-electron chi connectivity index (χ4n) is 2.04. The van der Waals surface area contributed by atoms with Crippen LogP contribution >= 0.6 is 15.9 Å². The van der Waals surface area contributed by atoms with Crippen LogP contribution < -0.4 is 10.0 Å². The number of rotatable bonds is 6. The van der Waals surface area contributed by atoms with E-state index in [0.29, 0.717) is 4.47 Å². The van der Waals surface area contributed by atoms with Gasteiger partial charge in [-0.1, -0.05) is 31.2 Å². The highest BCUT2D eigenvalue weighted by Gasteiger charge is 2.20. The molecule has 0 saturated carbocycles. The smallest absolute Gasteiger partial charge is 0.263 e. The molecule has 1 atom stereocenters. The molecule has 2 aromatic rings. The van der Waals surface area contributed by atoms with Crippen LogP contribution in [0.15, 0.2) is 57.9 Å². The van der Waals surface area contributed by atoms with Gasteiger partial charge in [-0.05, 0) is 53.5 Å². The highest BCUT2D eigenvalue weighted by Crippen LogP contribution is 2.25. The van der Waals surface area contributed by atoms with Crippen LogP contribution in [0.1, 0.15) is 30.6 Å². The number of halogens is 1. The van der Waals surface area contributed by atoms with Crippen molar-refractivity contribution in [2.45, 2.75) is 31.2 Å². The molecule has 0 aliphatic heterocycles. The summed E-state index contributed by atoms with van der Waals surface area (Å²) in [5.74, 6) is -0.310. The van der Waals surface area contributed by atoms with E-state index in [9.17, 15) is 13.2 Å². The molecule has 128 valence electrons. The average Bonchev–Trinajstić information content (AvgIpc) is 2.55. The van der Waals surface area contributed by atoms with Gasteiger partial charge >= 0.3 is 0 Å². The Morgan fingerprint density at radius 1 is 1.12 bits per heavy atom. The van der Waals surface area contributed by atoms with Gasteiger partial charge in [-0.15, -0.1) is 0 Å². The minimum atomic E-state index is -3.81. The van der Waals surface area contributed by atoms with E-state index in [1.54, 1.807) is 42.5 Å². The van der Waals surface area contributed by atoms with Crippen molar-refractivity contribution in [2.75, 3.05) is 4.72 Å². The van der Waals surface area contributed by atoms with Gasteiger partial charge in [-0.25, -0.2) is 8.42 Å². The Morgan fingerprint density at radius 3 is 2.42 bits per heavy atom. The summed E-state index contributed by atoms with van der Waals surface area (Å²) < 4.78 is 28.2. The van der Waals surface area contributed by atoms with Crippen LogP contribution in [0.3, 0.4) is 0 Å². The Labute approximate surface area is 150 Å². The van der Waals surface area contributed by atoms with Crippen LogP contribution in [0.5, 0.6) is 0 Å². The van der Waals surface area contributed by atoms with Crippen LogP contribution in [-0.2, 0) is 10.0 Å². The fraction of sp³-hybridized carbons (Fsp3) is 0.235. The van der Waals surface area contributed by atoms with Gasteiger partial charge in [-0.2, -0.15) is 0 Å². The summed E-state index contributed by atoms with van der Waals surface area (Å²) in [5.41, 5.74) is 0.530. The molecule has 0 fully saturated rings. The molecule has 0 bridgehead atoms. The van der Waals surface area contributed by atoms with E-state index >= 15 is 0 Å². The van der Waals surface area contributed by atoms with Crippen molar-refractivity contribution < 1.29 is 13.2 Å². The third-order valence-electron chi connectivity index (χ3n) is 3.53. The molecular formula is C17H19BrN2O3S. The molecule has 0 saturated heterocycles. The Kier molecular flexibility index (Phi) is 6.01. The van der Waals surface area contributed by atoms with Crippen LogP contribution in [0.4, 0.5) is 5.69 Å². The first-order valence-corrected chi connectivity index (χ1v) is 9.80. The van der Waals surface area contributed by atoms with Gasteiger partial charge in [0.05, 0.1) is 11.3 Å². The molecule has 0 aliphatic rings. The van der Waals surface area contributed by atoms with E-state index in [2.05, 4.69) is 26.0 Å². The van der Waals surface area contributed by atoms with Crippen molar-refractivity contribution in [3.63, 3.8) is 0 Å². The largest absolute Gasteiger partial charge is 0.350 e. The molecule has 2 N–H and O–H groups in total. The van der Waals surface area contributed by atoms with Crippen LogP contribution in [0.2, 0.25) is 0 Å². The van der Waals surface area contributed by atoms with Gasteiger partial charge < -0.3 is 5.32 Å². The van der Waals surface area contributed by atoms with Gasteiger partial charge in [0.25, 0.3) is 15.9 Å². The van der Waals surface area contributed by atoms with E-state index in [1.807, 2.05) is 13.8 Å². The zero-order valence-electron chi connectivity index (χ0n) is 13.4. The number of benzene rings is 2. The molecular weight excluding hydrogens is 392 g/mol. The first-order valence-electron chi connectivity index (χ1n) is 7.52. The summed E-state index contributed by atoms with van der Waals surface area (Å²) in [6.45, 7) is 3.86. The average molecular weight is 411 g/mol. The Hall–Kier alpha value is -1.86. The lowest BCUT2D eigenvalue weighted by molar-refractivity contribution is 0.0940. The van der Waals surface area contributed by atoms with Crippen molar-refractivity contribution in [1.29, 1.82) is 0 Å². The summed E-state index contributed by atoms with van der Waals surface area (Å²) in [6, 6.07) is 13.1. The van der Waals surface area contributed by atoms with Crippen molar-refractivity contribution in [3.8, 4) is 0 Å². The third-order valence-corrected chi connectivity index (χ3v) is 5.91. The standard InChI is InChI=1S/C17H19BrN2O3S/c1-3-12(2)19-17(21)13-8-4-6-10-15(13)20-24(22,23)16-11-7-5-9-14(16)18/h4-12,20H,3H2,1-2H3,(H,19,21)/t12-/m0/s1. The van der Waals surface area contributed by atoms with Crippen LogP contribution in [-0.4, -0.2) is 20.4 Å². The molecule has 0 aromatic heterocycles. The fourth-order valence-corrected chi connectivity index (χ4v) is 4.12. The number of carbonyl (C=O) groups excluding carboxylic acids is 1. The zero-order valence-corrected chi connectivity index (χ0v) is 15.8. The molecule has 24 heavy (non-hydrogen) atoms. The molecule has 2 rings (SSSR count). The maximum absolute atomic E-state index is 12.6. The quantitative estimate of drug-likeness (QED) is 0.760. The molecule has 1 amide bonds. The molecule has 5 nitrogen and oxygen atoms in total. The van der Waals surface area contributed by atoms with Gasteiger partial charge in [0.15, 0.2) is 0 Å². The maximum atomic E-state index is 12.6. The summed E-state index contributed by atoms with van der Waals surface area (Å²) in [5, 5.41) is 2.84. The lowest BCUT2D eigenvalue weighted by Crippen LogP contribution is -2.32. The third kappa shape index (κ3) is 4.36. The number of para-hydroxylation sites is 1. The van der Waals surface area contributed by atoms with E-state index in [0.717, 1.165) is 6.42 Å². The monoisotopic (exact) mass is 410 g/mol. The predicted molar refractivity (Wildman–Crippen MR) is 98.6 cm³/mol. The minimum absolute atomic E-state index is 0.00503. The van der Waals surface area contributed by atoms with Crippen molar-refractivity contribution in [3.05, 3.63) is 58.6 Å². The normalized spacial score (nSPS) is 12.5. The second-order valence-electron chi connectivity index (χ2n) is 5.36. The summed E-state index contributed by atoms with van der Waals surface area (Å²) >= 11 is 3.24. The second-order valence-corrected chi connectivity index (χ2v) is 7.87. The van der Waals surface area contributed by atoms with Crippen molar-refractivity contribution in [2.24, 2.45) is 0 Å². The summed E-state index contributed by atoms with van der Waals surface area (Å²) in [6.07, 6.45) is 0.788. The molecule has 0 aliphatic carbocycles. The van der Waals surface area contributed by atoms with Crippen molar-refractivity contribution in [1.82, 2.24) is 5.32 Å². The highest BCUT2D eigenvalue weighted by atomic mass is 79.9. The second kappa shape index (κ2) is 7.81. The summed E-state index contributed by atoms with van der Waals surface area (Å²) in [4.78, 5) is 12.5. The number of hydrogen-bond donors (Lipinski definition) is 2. The lowest BCUT2D eigenvalue weighted by Gasteiger charge is -2.15. The lowest BCUT2D eigenvalue weighted by atomic mass is 10.1. The number of nitrogens with one attached hydrogen (secondary N) is 2. The first kappa shape index (κ1) is 18.5. The number of amides is 1. The van der Waals surface area contributed by atoms with Gasteiger partial charge in [0.1, 0.15) is 4.90 Å². The van der Waals surface area contributed by atoms with Crippen LogP contribution in [0, 0.1) is 0 Å². The van der Waals surface area contributed by atoms with Gasteiger partial charge in [0.2, 0.25) is 0 Å². The van der Waals surface area contributed by atoms with E-state index in [1.165, 1.54) is 6.07 Å². The van der Waals surface area contributed by atoms with E-state index in [4.69, 9.17) is 0 Å². The number of anilines is 1. The first-order chi connectivity index (χ1) is 11.3. The molecule has 0 spiro atoms. The Morgan fingerprint density at radius 2 is 1.75 bits per heavy atom. The summed E-state index contributed by atoms with van der Waals surface area (Å²) in [7, 11) is -3.81.